The zero-order chi connectivity index (χ0) is 17.5. The zero-order valence-electron chi connectivity index (χ0n) is 13.4. The third-order valence-corrected chi connectivity index (χ3v) is 3.27. The Labute approximate surface area is 139 Å². The Morgan fingerprint density at radius 3 is 2.67 bits per heavy atom. The summed E-state index contributed by atoms with van der Waals surface area (Å²) in [4.78, 5) is 22.5. The highest BCUT2D eigenvalue weighted by Gasteiger charge is 2.11. The van der Waals surface area contributed by atoms with Gasteiger partial charge in [-0.05, 0) is 25.1 Å². The number of para-hydroxylation sites is 1. The Balaban J connectivity index is 2.27. The highest BCUT2D eigenvalue weighted by Crippen LogP contribution is 2.32. The predicted octanol–water partition coefficient (Wildman–Crippen LogP) is 3.90. The van der Waals surface area contributed by atoms with Gasteiger partial charge in [0.05, 0.1) is 18.6 Å². The molecule has 0 aliphatic heterocycles. The Morgan fingerprint density at radius 2 is 2.00 bits per heavy atom. The number of nitro groups is 1. The maximum absolute atomic E-state index is 12.2. The van der Waals surface area contributed by atoms with E-state index in [4.69, 9.17) is 9.47 Å². The minimum absolute atomic E-state index is 0.120. The van der Waals surface area contributed by atoms with E-state index in [-0.39, 0.29) is 17.0 Å². The summed E-state index contributed by atoms with van der Waals surface area (Å²) in [6.45, 7) is 2.37. The third-order valence-electron chi connectivity index (χ3n) is 3.27. The molecule has 0 N–H and O–H groups in total. The first-order valence-electron chi connectivity index (χ1n) is 7.33. The summed E-state index contributed by atoms with van der Waals surface area (Å²) < 4.78 is 10.8. The summed E-state index contributed by atoms with van der Waals surface area (Å²) in [7, 11) is 1.53. The van der Waals surface area contributed by atoms with Crippen LogP contribution in [0.2, 0.25) is 0 Å². The molecule has 0 unspecified atom stereocenters. The summed E-state index contributed by atoms with van der Waals surface area (Å²) in [5.74, 6) is 0.787. The minimum atomic E-state index is -0.533. The van der Waals surface area contributed by atoms with Gasteiger partial charge in [-0.15, -0.1) is 0 Å². The van der Waals surface area contributed by atoms with Crippen molar-refractivity contribution in [3.05, 3.63) is 69.8 Å². The fourth-order valence-electron chi connectivity index (χ4n) is 2.19. The number of hydrogen-bond donors (Lipinski definition) is 0. The number of methoxy groups -OCH3 is 1. The summed E-state index contributed by atoms with van der Waals surface area (Å²) in [5, 5.41) is 10.8. The van der Waals surface area contributed by atoms with Gasteiger partial charge in [0.2, 0.25) is 0 Å². The number of ether oxygens (including phenoxy) is 2. The maximum Gasteiger partial charge on any atom is 0.270 e. The van der Waals surface area contributed by atoms with Gasteiger partial charge in [0.1, 0.15) is 0 Å². The van der Waals surface area contributed by atoms with E-state index in [1.54, 1.807) is 24.3 Å². The molecule has 0 atom stereocenters. The van der Waals surface area contributed by atoms with Crippen LogP contribution in [0, 0.1) is 10.1 Å². The molecule has 124 valence electrons. The first kappa shape index (κ1) is 17.2. The lowest BCUT2D eigenvalue weighted by Gasteiger charge is -2.11. The summed E-state index contributed by atoms with van der Waals surface area (Å²) in [6, 6.07) is 11.0. The summed E-state index contributed by atoms with van der Waals surface area (Å²) in [6.07, 6.45) is 2.95. The largest absolute Gasteiger partial charge is 0.492 e. The maximum atomic E-state index is 12.2. The normalized spacial score (nSPS) is 10.6. The molecular weight excluding hydrogens is 310 g/mol. The minimum Gasteiger partial charge on any atom is -0.492 e. The molecule has 0 bridgehead atoms. The standard InChI is InChI=1S/C18H17NO5/c1-3-24-17-9-5-6-13(18(17)23-2)10-11-16(20)14-7-4-8-15(12-14)19(21)22/h4-12H,3H2,1-2H3/b11-10+. The molecule has 0 heterocycles. The molecule has 0 spiro atoms. The SMILES string of the molecule is CCOc1cccc(/C=C/C(=O)c2cccc([N+](=O)[O-])c2)c1OC. The third kappa shape index (κ3) is 3.98. The van der Waals surface area contributed by atoms with Gasteiger partial charge in [-0.25, -0.2) is 0 Å². The van der Waals surface area contributed by atoms with Gasteiger partial charge in [-0.1, -0.05) is 24.3 Å². The zero-order valence-corrected chi connectivity index (χ0v) is 13.4. The van der Waals surface area contributed by atoms with E-state index in [1.807, 2.05) is 6.92 Å². The predicted molar refractivity (Wildman–Crippen MR) is 90.6 cm³/mol. The number of carbonyl (C=O) groups is 1. The topological polar surface area (TPSA) is 78.7 Å². The summed E-state index contributed by atoms with van der Waals surface area (Å²) >= 11 is 0. The molecule has 0 aromatic heterocycles. The lowest BCUT2D eigenvalue weighted by Crippen LogP contribution is -1.98. The van der Waals surface area contributed by atoms with E-state index in [0.717, 1.165) is 0 Å². The molecule has 0 amide bonds. The van der Waals surface area contributed by atoms with Crippen molar-refractivity contribution in [2.75, 3.05) is 13.7 Å². The highest BCUT2D eigenvalue weighted by molar-refractivity contribution is 6.07. The average molecular weight is 327 g/mol. The Kier molecular flexibility index (Phi) is 5.68. The van der Waals surface area contributed by atoms with Crippen molar-refractivity contribution < 1.29 is 19.2 Å². The van der Waals surface area contributed by atoms with Gasteiger partial charge in [-0.2, -0.15) is 0 Å². The van der Waals surface area contributed by atoms with Crippen LogP contribution in [0.5, 0.6) is 11.5 Å². The lowest BCUT2D eigenvalue weighted by molar-refractivity contribution is -0.384. The molecule has 2 aromatic rings. The molecule has 6 heteroatoms. The fourth-order valence-corrected chi connectivity index (χ4v) is 2.19. The molecule has 2 aromatic carbocycles. The van der Waals surface area contributed by atoms with Gasteiger partial charge in [0, 0.05) is 23.3 Å². The monoisotopic (exact) mass is 327 g/mol. The first-order valence-corrected chi connectivity index (χ1v) is 7.33. The van der Waals surface area contributed by atoms with Gasteiger partial charge in [0.25, 0.3) is 5.69 Å². The van der Waals surface area contributed by atoms with Crippen LogP contribution in [0.15, 0.2) is 48.5 Å². The average Bonchev–Trinajstić information content (AvgIpc) is 2.60. The molecule has 6 nitrogen and oxygen atoms in total. The molecule has 0 aliphatic carbocycles. The van der Waals surface area contributed by atoms with E-state index in [2.05, 4.69) is 0 Å². The number of ketones is 1. The van der Waals surface area contributed by atoms with E-state index in [1.165, 1.54) is 37.5 Å². The van der Waals surface area contributed by atoms with Crippen LogP contribution in [-0.4, -0.2) is 24.4 Å². The van der Waals surface area contributed by atoms with Gasteiger partial charge in [0.15, 0.2) is 17.3 Å². The molecule has 24 heavy (non-hydrogen) atoms. The van der Waals surface area contributed by atoms with Crippen molar-refractivity contribution in [2.45, 2.75) is 6.92 Å². The number of benzene rings is 2. The number of allylic oxidation sites excluding steroid dienone is 1. The van der Waals surface area contributed by atoms with E-state index in [0.29, 0.717) is 23.7 Å². The van der Waals surface area contributed by atoms with Gasteiger partial charge >= 0.3 is 0 Å². The number of rotatable bonds is 7. The van der Waals surface area contributed by atoms with Crippen LogP contribution < -0.4 is 9.47 Å². The van der Waals surface area contributed by atoms with Crippen molar-refractivity contribution in [3.63, 3.8) is 0 Å². The molecular formula is C18H17NO5. The van der Waals surface area contributed by atoms with E-state index < -0.39 is 4.92 Å². The van der Waals surface area contributed by atoms with Crippen LogP contribution in [0.1, 0.15) is 22.8 Å². The van der Waals surface area contributed by atoms with Gasteiger partial charge < -0.3 is 9.47 Å². The lowest BCUT2D eigenvalue weighted by atomic mass is 10.1. The number of nitro benzene ring substituents is 1. The van der Waals surface area contributed by atoms with E-state index in [9.17, 15) is 14.9 Å². The van der Waals surface area contributed by atoms with Crippen LogP contribution in [0.25, 0.3) is 6.08 Å². The molecule has 0 saturated heterocycles. The number of non-ortho nitro benzene ring substituents is 1. The van der Waals surface area contributed by atoms with Crippen LogP contribution in [0.3, 0.4) is 0 Å². The Hall–Kier alpha value is -3.15. The first-order chi connectivity index (χ1) is 11.6. The number of carbonyl (C=O) groups excluding carboxylic acids is 1. The quantitative estimate of drug-likeness (QED) is 0.333. The smallest absolute Gasteiger partial charge is 0.270 e. The van der Waals surface area contributed by atoms with Crippen LogP contribution in [-0.2, 0) is 0 Å². The molecule has 0 fully saturated rings. The van der Waals surface area contributed by atoms with Crippen molar-refractivity contribution >= 4 is 17.5 Å². The number of nitrogens with zero attached hydrogens (tertiary/aromatic N) is 1. The van der Waals surface area contributed by atoms with Crippen molar-refractivity contribution in [2.24, 2.45) is 0 Å². The molecule has 0 radical (unpaired) electrons. The highest BCUT2D eigenvalue weighted by atomic mass is 16.6. The second kappa shape index (κ2) is 7.92. The van der Waals surface area contributed by atoms with Crippen LogP contribution in [0.4, 0.5) is 5.69 Å². The summed E-state index contributed by atoms with van der Waals surface area (Å²) in [5.41, 5.74) is 0.813. The van der Waals surface area contributed by atoms with Crippen molar-refractivity contribution in [1.29, 1.82) is 0 Å². The second-order valence-electron chi connectivity index (χ2n) is 4.82. The Morgan fingerprint density at radius 1 is 1.25 bits per heavy atom. The fraction of sp³-hybridized carbons (Fsp3) is 0.167. The van der Waals surface area contributed by atoms with Crippen molar-refractivity contribution in [1.82, 2.24) is 0 Å². The molecule has 0 aliphatic rings. The Bertz CT molecular complexity index is 783. The molecule has 2 rings (SSSR count). The number of hydrogen-bond acceptors (Lipinski definition) is 5. The van der Waals surface area contributed by atoms with Crippen LogP contribution >= 0.6 is 0 Å². The molecule has 0 saturated carbocycles. The van der Waals surface area contributed by atoms with E-state index >= 15 is 0 Å². The second-order valence-corrected chi connectivity index (χ2v) is 4.82. The van der Waals surface area contributed by atoms with Crippen molar-refractivity contribution in [3.8, 4) is 11.5 Å². The van der Waals surface area contributed by atoms with Gasteiger partial charge in [-0.3, -0.25) is 14.9 Å².